The zero-order chi connectivity index (χ0) is 11.1. The predicted octanol–water partition coefficient (Wildman–Crippen LogP) is 1.57. The fourth-order valence-electron chi connectivity index (χ4n) is 1.19. The van der Waals surface area contributed by atoms with Crippen LogP contribution in [0, 0.1) is 5.92 Å². The molecule has 0 amide bonds. The normalized spacial score (nSPS) is 12.4. The fraction of sp³-hybridized carbons (Fsp3) is 0.545. The Bertz CT molecular complexity index is 282. The third-order valence-corrected chi connectivity index (χ3v) is 2.05. The van der Waals surface area contributed by atoms with Crippen LogP contribution in [-0.4, -0.2) is 19.1 Å². The molecule has 0 aliphatic rings. The summed E-state index contributed by atoms with van der Waals surface area (Å²) >= 11 is 0. The van der Waals surface area contributed by atoms with Crippen LogP contribution in [0.15, 0.2) is 23.0 Å². The summed E-state index contributed by atoms with van der Waals surface area (Å²) < 4.78 is 9.82. The van der Waals surface area contributed by atoms with E-state index in [1.807, 2.05) is 19.9 Å². The molecule has 84 valence electrons. The quantitative estimate of drug-likeness (QED) is 0.726. The molecule has 1 atom stereocenters. The molecule has 0 aromatic carbocycles. The highest BCUT2D eigenvalue weighted by Gasteiger charge is 2.12. The van der Waals surface area contributed by atoms with Crippen molar-refractivity contribution < 1.29 is 13.9 Å². The summed E-state index contributed by atoms with van der Waals surface area (Å²) in [7, 11) is 0. The van der Waals surface area contributed by atoms with E-state index < -0.39 is 0 Å². The number of hydrogen-bond donors (Lipinski definition) is 1. The van der Waals surface area contributed by atoms with Crippen molar-refractivity contribution in [1.82, 2.24) is 5.32 Å². The Labute approximate surface area is 89.6 Å². The van der Waals surface area contributed by atoms with Gasteiger partial charge in [0.05, 0.1) is 25.1 Å². The van der Waals surface area contributed by atoms with Gasteiger partial charge in [-0.15, -0.1) is 0 Å². The van der Waals surface area contributed by atoms with Crippen LogP contribution >= 0.6 is 0 Å². The first-order valence-electron chi connectivity index (χ1n) is 5.12. The van der Waals surface area contributed by atoms with E-state index in [1.165, 1.54) is 0 Å². The first kappa shape index (κ1) is 11.8. The summed E-state index contributed by atoms with van der Waals surface area (Å²) in [5, 5.41) is 3.17. The molecule has 1 N–H and O–H groups in total. The average molecular weight is 211 g/mol. The highest BCUT2D eigenvalue weighted by Crippen LogP contribution is 2.00. The smallest absolute Gasteiger partial charge is 0.309 e. The lowest BCUT2D eigenvalue weighted by Gasteiger charge is -2.10. The Morgan fingerprint density at radius 1 is 1.67 bits per heavy atom. The second kappa shape index (κ2) is 6.24. The molecule has 15 heavy (non-hydrogen) atoms. The zero-order valence-corrected chi connectivity index (χ0v) is 9.16. The minimum Gasteiger partial charge on any atom is -0.472 e. The lowest BCUT2D eigenvalue weighted by molar-refractivity contribution is -0.147. The van der Waals surface area contributed by atoms with Gasteiger partial charge in [0.1, 0.15) is 0 Å². The largest absolute Gasteiger partial charge is 0.472 e. The number of hydrogen-bond acceptors (Lipinski definition) is 4. The summed E-state index contributed by atoms with van der Waals surface area (Å²) in [6.45, 7) is 5.42. The van der Waals surface area contributed by atoms with Gasteiger partial charge in [0, 0.05) is 18.7 Å². The standard InChI is InChI=1S/C11H17NO3/c1-3-15-11(13)9(2)6-12-7-10-4-5-14-8-10/h4-5,8-9,12H,3,6-7H2,1-2H3. The van der Waals surface area contributed by atoms with Gasteiger partial charge in [0.15, 0.2) is 0 Å². The van der Waals surface area contributed by atoms with E-state index in [-0.39, 0.29) is 11.9 Å². The van der Waals surface area contributed by atoms with Crippen LogP contribution in [0.4, 0.5) is 0 Å². The van der Waals surface area contributed by atoms with E-state index in [2.05, 4.69) is 5.32 Å². The molecule has 0 radical (unpaired) electrons. The van der Waals surface area contributed by atoms with Crippen LogP contribution in [0.5, 0.6) is 0 Å². The molecule has 1 aromatic rings. The van der Waals surface area contributed by atoms with Crippen LogP contribution in [-0.2, 0) is 16.1 Å². The Morgan fingerprint density at radius 2 is 2.47 bits per heavy atom. The van der Waals surface area contributed by atoms with Gasteiger partial charge >= 0.3 is 5.97 Å². The molecule has 0 saturated heterocycles. The van der Waals surface area contributed by atoms with Crippen LogP contribution in [0.1, 0.15) is 19.4 Å². The van der Waals surface area contributed by atoms with Crippen molar-refractivity contribution in [2.24, 2.45) is 5.92 Å². The lowest BCUT2D eigenvalue weighted by atomic mass is 10.2. The minimum absolute atomic E-state index is 0.114. The van der Waals surface area contributed by atoms with Crippen molar-refractivity contribution in [2.45, 2.75) is 20.4 Å². The molecule has 1 rings (SSSR count). The predicted molar refractivity (Wildman–Crippen MR) is 56.2 cm³/mol. The number of nitrogens with one attached hydrogen (secondary N) is 1. The molecule has 0 aliphatic heterocycles. The topological polar surface area (TPSA) is 51.5 Å². The molecule has 4 nitrogen and oxygen atoms in total. The molecule has 1 heterocycles. The summed E-state index contributed by atoms with van der Waals surface area (Å²) in [5.74, 6) is -0.269. The van der Waals surface area contributed by atoms with E-state index in [1.54, 1.807) is 12.5 Å². The van der Waals surface area contributed by atoms with Gasteiger partial charge in [-0.2, -0.15) is 0 Å². The molecular weight excluding hydrogens is 194 g/mol. The maximum Gasteiger partial charge on any atom is 0.309 e. The van der Waals surface area contributed by atoms with Gasteiger partial charge in [-0.25, -0.2) is 0 Å². The molecule has 0 aliphatic carbocycles. The third-order valence-electron chi connectivity index (χ3n) is 2.05. The summed E-state index contributed by atoms with van der Waals surface area (Å²) in [5.41, 5.74) is 1.08. The SMILES string of the molecule is CCOC(=O)C(C)CNCc1ccoc1. The molecule has 0 fully saturated rings. The number of carbonyl (C=O) groups excluding carboxylic acids is 1. The molecule has 4 heteroatoms. The first-order valence-corrected chi connectivity index (χ1v) is 5.12. The number of rotatable bonds is 6. The van der Waals surface area contributed by atoms with Crippen LogP contribution in [0.25, 0.3) is 0 Å². The number of esters is 1. The Hall–Kier alpha value is -1.29. The average Bonchev–Trinajstić information content (AvgIpc) is 2.71. The molecule has 0 spiro atoms. The number of furan rings is 1. The fourth-order valence-corrected chi connectivity index (χ4v) is 1.19. The van der Waals surface area contributed by atoms with Gasteiger partial charge in [-0.1, -0.05) is 6.92 Å². The van der Waals surface area contributed by atoms with E-state index in [0.717, 1.165) is 5.56 Å². The summed E-state index contributed by atoms with van der Waals surface area (Å²) in [6.07, 6.45) is 3.31. The molecular formula is C11H17NO3. The van der Waals surface area contributed by atoms with Crippen LogP contribution < -0.4 is 5.32 Å². The van der Waals surface area contributed by atoms with Crippen molar-refractivity contribution in [2.75, 3.05) is 13.2 Å². The lowest BCUT2D eigenvalue weighted by Crippen LogP contribution is -2.27. The first-order chi connectivity index (χ1) is 7.24. The maximum atomic E-state index is 11.3. The monoisotopic (exact) mass is 211 g/mol. The molecule has 0 bridgehead atoms. The van der Waals surface area contributed by atoms with E-state index in [9.17, 15) is 4.79 Å². The number of carbonyl (C=O) groups is 1. The zero-order valence-electron chi connectivity index (χ0n) is 9.16. The molecule has 1 unspecified atom stereocenters. The second-order valence-corrected chi connectivity index (χ2v) is 3.42. The van der Waals surface area contributed by atoms with Crippen LogP contribution in [0.3, 0.4) is 0 Å². The molecule has 0 saturated carbocycles. The Morgan fingerprint density at radius 3 is 3.07 bits per heavy atom. The second-order valence-electron chi connectivity index (χ2n) is 3.42. The van der Waals surface area contributed by atoms with Gasteiger partial charge in [0.2, 0.25) is 0 Å². The minimum atomic E-state index is -0.155. The third kappa shape index (κ3) is 4.16. The molecule has 1 aromatic heterocycles. The van der Waals surface area contributed by atoms with Gasteiger partial charge in [0.25, 0.3) is 0 Å². The van der Waals surface area contributed by atoms with Crippen molar-refractivity contribution in [3.05, 3.63) is 24.2 Å². The number of ether oxygens (including phenoxy) is 1. The van der Waals surface area contributed by atoms with E-state index >= 15 is 0 Å². The Kier molecular flexibility index (Phi) is 4.90. The highest BCUT2D eigenvalue weighted by molar-refractivity contribution is 5.72. The maximum absolute atomic E-state index is 11.3. The summed E-state index contributed by atoms with van der Waals surface area (Å²) in [6, 6.07) is 1.89. The van der Waals surface area contributed by atoms with Gasteiger partial charge in [-0.05, 0) is 13.0 Å². The van der Waals surface area contributed by atoms with Gasteiger partial charge < -0.3 is 14.5 Å². The van der Waals surface area contributed by atoms with E-state index in [4.69, 9.17) is 9.15 Å². The van der Waals surface area contributed by atoms with Crippen molar-refractivity contribution in [1.29, 1.82) is 0 Å². The highest BCUT2D eigenvalue weighted by atomic mass is 16.5. The van der Waals surface area contributed by atoms with Crippen molar-refractivity contribution >= 4 is 5.97 Å². The Balaban J connectivity index is 2.17. The summed E-state index contributed by atoms with van der Waals surface area (Å²) in [4.78, 5) is 11.3. The van der Waals surface area contributed by atoms with Crippen molar-refractivity contribution in [3.63, 3.8) is 0 Å². The van der Waals surface area contributed by atoms with Crippen LogP contribution in [0.2, 0.25) is 0 Å². The van der Waals surface area contributed by atoms with Crippen molar-refractivity contribution in [3.8, 4) is 0 Å². The van der Waals surface area contributed by atoms with Gasteiger partial charge in [-0.3, -0.25) is 4.79 Å². The van der Waals surface area contributed by atoms with E-state index in [0.29, 0.717) is 19.7 Å².